The van der Waals surface area contributed by atoms with Crippen molar-refractivity contribution in [1.82, 2.24) is 19.6 Å². The monoisotopic (exact) mass is 352 g/mol. The summed E-state index contributed by atoms with van der Waals surface area (Å²) >= 11 is 6.12. The zero-order valence-corrected chi connectivity index (χ0v) is 14.8. The third-order valence-electron chi connectivity index (χ3n) is 5.51. The second-order valence-electron chi connectivity index (χ2n) is 7.20. The molecule has 3 fully saturated rings. The van der Waals surface area contributed by atoms with Crippen molar-refractivity contribution in [3.8, 4) is 0 Å². The van der Waals surface area contributed by atoms with Crippen LogP contribution < -0.4 is 0 Å². The number of aryl methyl sites for hydroxylation is 1. The predicted molar refractivity (Wildman–Crippen MR) is 86.4 cm³/mol. The summed E-state index contributed by atoms with van der Waals surface area (Å²) in [5.74, 6) is 0.164. The predicted octanol–water partition coefficient (Wildman–Crippen LogP) is 1.27. The lowest BCUT2D eigenvalue weighted by atomic mass is 10.0. The molecule has 3 saturated heterocycles. The molecule has 2 amide bonds. The Hall–Kier alpha value is -1.60. The third kappa shape index (κ3) is 1.97. The molecular weight excluding hydrogens is 332 g/mol. The molecule has 0 unspecified atom stereocenters. The molecule has 0 aliphatic carbocycles. The Morgan fingerprint density at radius 1 is 1.50 bits per heavy atom. The van der Waals surface area contributed by atoms with E-state index in [0.29, 0.717) is 36.9 Å². The van der Waals surface area contributed by atoms with Crippen LogP contribution in [0.15, 0.2) is 6.20 Å². The molecule has 0 aromatic carbocycles. The number of carbonyl (C=O) groups is 2. The van der Waals surface area contributed by atoms with Gasteiger partial charge in [-0.25, -0.2) is 0 Å². The van der Waals surface area contributed by atoms with Gasteiger partial charge in [0.15, 0.2) is 11.4 Å². The van der Waals surface area contributed by atoms with Crippen molar-refractivity contribution in [1.29, 1.82) is 0 Å². The van der Waals surface area contributed by atoms with Gasteiger partial charge in [0.25, 0.3) is 5.91 Å². The van der Waals surface area contributed by atoms with Crippen LogP contribution in [-0.2, 0) is 16.6 Å². The minimum absolute atomic E-state index is 0.0702. The molecule has 24 heavy (non-hydrogen) atoms. The molecule has 0 bridgehead atoms. The summed E-state index contributed by atoms with van der Waals surface area (Å²) in [5.41, 5.74) is -0.427. The van der Waals surface area contributed by atoms with Gasteiger partial charge in [-0.2, -0.15) is 5.10 Å². The number of ether oxygens (including phenoxy) is 1. The van der Waals surface area contributed by atoms with E-state index < -0.39 is 5.72 Å². The molecule has 3 atom stereocenters. The van der Waals surface area contributed by atoms with Crippen LogP contribution in [0.4, 0.5) is 0 Å². The van der Waals surface area contributed by atoms with Crippen molar-refractivity contribution < 1.29 is 14.3 Å². The number of carbonyl (C=O) groups excluding carboxylic acids is 2. The number of hydrogen-bond donors (Lipinski definition) is 0. The number of likely N-dealkylation sites (tertiary alicyclic amines) is 1. The van der Waals surface area contributed by atoms with E-state index in [-0.39, 0.29) is 29.6 Å². The fourth-order valence-electron chi connectivity index (χ4n) is 4.35. The first-order chi connectivity index (χ1) is 11.3. The maximum absolute atomic E-state index is 12.9. The Bertz CT molecular complexity index is 718. The maximum atomic E-state index is 12.9. The Morgan fingerprint density at radius 2 is 2.25 bits per heavy atom. The average molecular weight is 353 g/mol. The first-order valence-corrected chi connectivity index (χ1v) is 8.69. The van der Waals surface area contributed by atoms with Crippen LogP contribution in [0.5, 0.6) is 0 Å². The van der Waals surface area contributed by atoms with Gasteiger partial charge in [0.05, 0.1) is 30.1 Å². The molecule has 0 radical (unpaired) electrons. The Kier molecular flexibility index (Phi) is 3.44. The van der Waals surface area contributed by atoms with E-state index in [9.17, 15) is 9.59 Å². The molecule has 7 nitrogen and oxygen atoms in total. The van der Waals surface area contributed by atoms with Crippen molar-refractivity contribution in [2.45, 2.75) is 44.5 Å². The normalized spacial score (nSPS) is 32.0. The largest absolute Gasteiger partial charge is 0.351 e. The first kappa shape index (κ1) is 15.9. The zero-order valence-electron chi connectivity index (χ0n) is 14.0. The van der Waals surface area contributed by atoms with Gasteiger partial charge in [-0.05, 0) is 5.92 Å². The van der Waals surface area contributed by atoms with E-state index in [1.54, 1.807) is 18.1 Å². The van der Waals surface area contributed by atoms with Crippen molar-refractivity contribution in [2.24, 2.45) is 13.0 Å². The molecule has 0 saturated carbocycles. The Balaban J connectivity index is 1.66. The highest BCUT2D eigenvalue weighted by molar-refractivity contribution is 6.33. The van der Waals surface area contributed by atoms with Crippen molar-refractivity contribution in [3.63, 3.8) is 0 Å². The van der Waals surface area contributed by atoms with Gasteiger partial charge in [0.1, 0.15) is 0 Å². The summed E-state index contributed by atoms with van der Waals surface area (Å²) < 4.78 is 7.66. The lowest BCUT2D eigenvalue weighted by Gasteiger charge is -2.34. The van der Waals surface area contributed by atoms with Gasteiger partial charge in [-0.15, -0.1) is 0 Å². The molecule has 1 aromatic heterocycles. The number of rotatable bonds is 2. The van der Waals surface area contributed by atoms with Crippen molar-refractivity contribution >= 4 is 23.4 Å². The number of aromatic nitrogens is 2. The van der Waals surface area contributed by atoms with E-state index in [0.717, 1.165) is 0 Å². The topological polar surface area (TPSA) is 67.7 Å². The van der Waals surface area contributed by atoms with Gasteiger partial charge >= 0.3 is 0 Å². The van der Waals surface area contributed by atoms with Crippen LogP contribution >= 0.6 is 11.6 Å². The fourth-order valence-corrected chi connectivity index (χ4v) is 4.61. The molecule has 3 aliphatic rings. The number of nitrogens with zero attached hydrogens (tertiary/aromatic N) is 4. The number of amides is 2. The molecule has 1 aromatic rings. The van der Waals surface area contributed by atoms with Gasteiger partial charge < -0.3 is 14.5 Å². The minimum atomic E-state index is -0.664. The summed E-state index contributed by atoms with van der Waals surface area (Å²) in [6.07, 6.45) is 2.55. The Morgan fingerprint density at radius 3 is 2.88 bits per heavy atom. The Labute approximate surface area is 145 Å². The number of halogens is 1. The smallest absolute Gasteiger partial charge is 0.276 e. The zero-order chi connectivity index (χ0) is 17.2. The fraction of sp³-hybridized carbons (Fsp3) is 0.688. The van der Waals surface area contributed by atoms with Crippen LogP contribution in [0.25, 0.3) is 0 Å². The van der Waals surface area contributed by atoms with E-state index >= 15 is 0 Å². The molecule has 3 aliphatic heterocycles. The van der Waals surface area contributed by atoms with Crippen molar-refractivity contribution in [2.75, 3.05) is 13.2 Å². The van der Waals surface area contributed by atoms with Crippen molar-refractivity contribution in [3.05, 3.63) is 16.9 Å². The van der Waals surface area contributed by atoms with Gasteiger partial charge in [-0.3, -0.25) is 14.3 Å². The van der Waals surface area contributed by atoms with E-state index in [4.69, 9.17) is 16.3 Å². The molecule has 0 N–H and O–H groups in total. The van der Waals surface area contributed by atoms with Crippen LogP contribution in [-0.4, -0.2) is 62.4 Å². The van der Waals surface area contributed by atoms with E-state index in [2.05, 4.69) is 18.9 Å². The third-order valence-corrected chi connectivity index (χ3v) is 5.78. The minimum Gasteiger partial charge on any atom is -0.351 e. The van der Waals surface area contributed by atoms with E-state index in [1.807, 2.05) is 4.90 Å². The summed E-state index contributed by atoms with van der Waals surface area (Å²) in [4.78, 5) is 29.1. The molecule has 4 heterocycles. The summed E-state index contributed by atoms with van der Waals surface area (Å²) in [6, 6.07) is -0.185. The van der Waals surface area contributed by atoms with Crippen LogP contribution in [0.3, 0.4) is 0 Å². The SMILES string of the molecule is CC(C)[C@@H]1CO[C@@]23CCN(C(=O)c4nn(C)cc4Cl)[C@@H]2CC(=O)N13. The average Bonchev–Trinajstić information content (AvgIpc) is 3.20. The summed E-state index contributed by atoms with van der Waals surface area (Å²) in [6.45, 7) is 5.27. The van der Waals surface area contributed by atoms with Gasteiger partial charge in [-0.1, -0.05) is 25.4 Å². The van der Waals surface area contributed by atoms with E-state index in [1.165, 1.54) is 4.68 Å². The highest BCUT2D eigenvalue weighted by atomic mass is 35.5. The molecular formula is C16H21ClN4O3. The highest BCUT2D eigenvalue weighted by Crippen LogP contribution is 2.49. The van der Waals surface area contributed by atoms with Crippen LogP contribution in [0, 0.1) is 5.92 Å². The molecule has 130 valence electrons. The molecule has 4 rings (SSSR count). The quantitative estimate of drug-likeness (QED) is 0.804. The van der Waals surface area contributed by atoms with Crippen LogP contribution in [0.1, 0.15) is 37.2 Å². The number of hydrogen-bond acceptors (Lipinski definition) is 4. The highest BCUT2D eigenvalue weighted by Gasteiger charge is 2.65. The second-order valence-corrected chi connectivity index (χ2v) is 7.61. The van der Waals surface area contributed by atoms with Gasteiger partial charge in [0.2, 0.25) is 5.91 Å². The first-order valence-electron chi connectivity index (χ1n) is 8.31. The maximum Gasteiger partial charge on any atom is 0.276 e. The van der Waals surface area contributed by atoms with Gasteiger partial charge in [0, 0.05) is 26.2 Å². The lowest BCUT2D eigenvalue weighted by Crippen LogP contribution is -2.51. The molecule has 1 spiro atoms. The second kappa shape index (κ2) is 5.20. The standard InChI is InChI=1S/C16H21ClN4O3/c1-9(2)11-8-24-16-4-5-20(12(16)6-13(22)21(11)16)15(23)14-10(17)7-19(3)18-14/h7,9,11-12H,4-6,8H2,1-3H3/t11-,12+,16-/m0/s1. The lowest BCUT2D eigenvalue weighted by molar-refractivity contribution is -0.139. The summed E-state index contributed by atoms with van der Waals surface area (Å²) in [5, 5.41) is 4.50. The van der Waals surface area contributed by atoms with Crippen LogP contribution in [0.2, 0.25) is 5.02 Å². The molecule has 8 heteroatoms. The summed E-state index contributed by atoms with van der Waals surface area (Å²) in [7, 11) is 1.72.